The minimum absolute atomic E-state index is 0.420. The first-order valence-electron chi connectivity index (χ1n) is 6.61. The number of hydrogen-bond donors (Lipinski definition) is 1. The van der Waals surface area contributed by atoms with Crippen molar-refractivity contribution in [3.63, 3.8) is 0 Å². The molecule has 0 saturated carbocycles. The van der Waals surface area contributed by atoms with E-state index in [0.717, 1.165) is 48.9 Å². The van der Waals surface area contributed by atoms with Crippen molar-refractivity contribution in [3.05, 3.63) is 30.2 Å². The number of aryl methyl sites for hydroxylation is 1. The largest absolute Gasteiger partial charge is 0.382 e. The Hall–Kier alpha value is -2.21. The molecule has 0 unspecified atom stereocenters. The Bertz CT molecular complexity index is 593. The van der Waals surface area contributed by atoms with E-state index < -0.39 is 0 Å². The van der Waals surface area contributed by atoms with Crippen molar-refractivity contribution >= 4 is 11.6 Å². The van der Waals surface area contributed by atoms with Crippen LogP contribution in [0.15, 0.2) is 24.7 Å². The summed E-state index contributed by atoms with van der Waals surface area (Å²) in [4.78, 5) is 15.1. The third-order valence-electron chi connectivity index (χ3n) is 3.33. The van der Waals surface area contributed by atoms with E-state index in [2.05, 4.69) is 32.8 Å². The van der Waals surface area contributed by atoms with Gasteiger partial charge in [0.2, 0.25) is 0 Å². The molecule has 1 saturated heterocycles. The number of nitrogens with two attached hydrogens (primary N) is 1. The Labute approximate surface area is 117 Å². The van der Waals surface area contributed by atoms with Gasteiger partial charge in [-0.25, -0.2) is 9.97 Å². The van der Waals surface area contributed by atoms with Gasteiger partial charge in [-0.1, -0.05) is 0 Å². The Morgan fingerprint density at radius 1 is 1.10 bits per heavy atom. The van der Waals surface area contributed by atoms with Crippen LogP contribution in [0.5, 0.6) is 0 Å². The second-order valence-electron chi connectivity index (χ2n) is 4.79. The average molecular weight is 271 g/mol. The lowest BCUT2D eigenvalue weighted by Gasteiger charge is -2.29. The highest BCUT2D eigenvalue weighted by atomic mass is 16.5. The summed E-state index contributed by atoms with van der Waals surface area (Å²) in [7, 11) is 0. The molecule has 0 amide bonds. The van der Waals surface area contributed by atoms with E-state index in [4.69, 9.17) is 10.5 Å². The van der Waals surface area contributed by atoms with E-state index >= 15 is 0 Å². The molecule has 1 aliphatic heterocycles. The molecule has 0 radical (unpaired) electrons. The van der Waals surface area contributed by atoms with Crippen LogP contribution in [-0.4, -0.2) is 41.3 Å². The SMILES string of the molecule is Cc1cc(-c2cnc(N)cn2)cnc1N1CCOCC1. The van der Waals surface area contributed by atoms with Gasteiger partial charge in [0.15, 0.2) is 0 Å². The van der Waals surface area contributed by atoms with Gasteiger partial charge in [0.25, 0.3) is 0 Å². The van der Waals surface area contributed by atoms with E-state index in [9.17, 15) is 0 Å². The molecule has 1 fully saturated rings. The molecule has 1 aliphatic rings. The normalized spacial score (nSPS) is 15.3. The molecule has 20 heavy (non-hydrogen) atoms. The fraction of sp³-hybridized carbons (Fsp3) is 0.357. The van der Waals surface area contributed by atoms with Crippen molar-refractivity contribution in [2.75, 3.05) is 36.9 Å². The van der Waals surface area contributed by atoms with E-state index in [1.165, 1.54) is 0 Å². The van der Waals surface area contributed by atoms with Gasteiger partial charge in [0.1, 0.15) is 11.6 Å². The monoisotopic (exact) mass is 271 g/mol. The van der Waals surface area contributed by atoms with Crippen LogP contribution in [0.1, 0.15) is 5.56 Å². The number of rotatable bonds is 2. The quantitative estimate of drug-likeness (QED) is 0.886. The van der Waals surface area contributed by atoms with E-state index in [1.807, 2.05) is 6.20 Å². The van der Waals surface area contributed by atoms with Gasteiger partial charge in [-0.05, 0) is 18.6 Å². The molecule has 2 aromatic heterocycles. The predicted octanol–water partition coefficient (Wildman–Crippen LogP) is 1.27. The fourth-order valence-corrected chi connectivity index (χ4v) is 2.30. The fourth-order valence-electron chi connectivity index (χ4n) is 2.30. The molecule has 6 heteroatoms. The van der Waals surface area contributed by atoms with Crippen molar-refractivity contribution < 1.29 is 4.74 Å². The number of anilines is 2. The smallest absolute Gasteiger partial charge is 0.141 e. The second-order valence-corrected chi connectivity index (χ2v) is 4.79. The van der Waals surface area contributed by atoms with Gasteiger partial charge in [-0.3, -0.25) is 4.98 Å². The van der Waals surface area contributed by atoms with Crippen LogP contribution < -0.4 is 10.6 Å². The number of hydrogen-bond acceptors (Lipinski definition) is 6. The van der Waals surface area contributed by atoms with Crippen molar-refractivity contribution in [3.8, 4) is 11.3 Å². The summed E-state index contributed by atoms with van der Waals surface area (Å²) in [6.07, 6.45) is 5.05. The summed E-state index contributed by atoms with van der Waals surface area (Å²) in [5.41, 5.74) is 8.41. The van der Waals surface area contributed by atoms with Gasteiger partial charge < -0.3 is 15.4 Å². The highest BCUT2D eigenvalue weighted by Crippen LogP contribution is 2.23. The third-order valence-corrected chi connectivity index (χ3v) is 3.33. The van der Waals surface area contributed by atoms with Gasteiger partial charge in [-0.15, -0.1) is 0 Å². The first-order chi connectivity index (χ1) is 9.74. The molecule has 2 N–H and O–H groups in total. The lowest BCUT2D eigenvalue weighted by molar-refractivity contribution is 0.122. The molecular weight excluding hydrogens is 254 g/mol. The van der Waals surface area contributed by atoms with E-state index in [-0.39, 0.29) is 0 Å². The number of nitrogens with zero attached hydrogens (tertiary/aromatic N) is 4. The summed E-state index contributed by atoms with van der Waals surface area (Å²) < 4.78 is 5.37. The van der Waals surface area contributed by atoms with Crippen LogP contribution in [0, 0.1) is 6.92 Å². The minimum Gasteiger partial charge on any atom is -0.382 e. The summed E-state index contributed by atoms with van der Waals surface area (Å²) >= 11 is 0. The van der Waals surface area contributed by atoms with Crippen molar-refractivity contribution in [2.45, 2.75) is 6.92 Å². The van der Waals surface area contributed by atoms with E-state index in [1.54, 1.807) is 12.4 Å². The number of ether oxygens (including phenoxy) is 1. The van der Waals surface area contributed by atoms with Crippen LogP contribution in [0.4, 0.5) is 11.6 Å². The van der Waals surface area contributed by atoms with Crippen molar-refractivity contribution in [1.29, 1.82) is 0 Å². The van der Waals surface area contributed by atoms with Crippen LogP contribution in [0.3, 0.4) is 0 Å². The highest BCUT2D eigenvalue weighted by molar-refractivity contribution is 5.62. The van der Waals surface area contributed by atoms with Crippen LogP contribution in [0.25, 0.3) is 11.3 Å². The summed E-state index contributed by atoms with van der Waals surface area (Å²) in [6, 6.07) is 2.08. The summed E-state index contributed by atoms with van der Waals surface area (Å²) in [5, 5.41) is 0. The van der Waals surface area contributed by atoms with Crippen molar-refractivity contribution in [2.24, 2.45) is 0 Å². The second kappa shape index (κ2) is 5.42. The molecule has 3 heterocycles. The molecule has 3 rings (SSSR count). The molecule has 0 aromatic carbocycles. The third kappa shape index (κ3) is 2.55. The zero-order chi connectivity index (χ0) is 13.9. The molecule has 0 spiro atoms. The maximum absolute atomic E-state index is 5.55. The Balaban J connectivity index is 1.88. The maximum atomic E-state index is 5.55. The Kier molecular flexibility index (Phi) is 3.47. The van der Waals surface area contributed by atoms with Gasteiger partial charge in [-0.2, -0.15) is 0 Å². The summed E-state index contributed by atoms with van der Waals surface area (Å²) in [6.45, 7) is 5.34. The molecule has 0 bridgehead atoms. The number of morpholine rings is 1. The first-order valence-corrected chi connectivity index (χ1v) is 6.61. The predicted molar refractivity (Wildman–Crippen MR) is 77.4 cm³/mol. The standard InChI is InChI=1S/C14H17N5O/c1-10-6-11(12-8-17-13(15)9-16-12)7-18-14(10)19-2-4-20-5-3-19/h6-9H,2-5H2,1H3,(H2,15,17). The highest BCUT2D eigenvalue weighted by Gasteiger charge is 2.15. The van der Waals surface area contributed by atoms with Crippen molar-refractivity contribution in [1.82, 2.24) is 15.0 Å². The topological polar surface area (TPSA) is 77.2 Å². The van der Waals surface area contributed by atoms with Crippen LogP contribution in [-0.2, 0) is 4.74 Å². The van der Waals surface area contributed by atoms with Crippen LogP contribution >= 0.6 is 0 Å². The lowest BCUT2D eigenvalue weighted by atomic mass is 10.1. The lowest BCUT2D eigenvalue weighted by Crippen LogP contribution is -2.37. The maximum Gasteiger partial charge on any atom is 0.141 e. The molecular formula is C14H17N5O. The van der Waals surface area contributed by atoms with Gasteiger partial charge >= 0.3 is 0 Å². The first kappa shape index (κ1) is 12.8. The Morgan fingerprint density at radius 2 is 1.90 bits per heavy atom. The average Bonchev–Trinajstić information content (AvgIpc) is 2.49. The molecule has 6 nitrogen and oxygen atoms in total. The Morgan fingerprint density at radius 3 is 2.55 bits per heavy atom. The number of aromatic nitrogens is 3. The molecule has 0 aliphatic carbocycles. The van der Waals surface area contributed by atoms with Gasteiger partial charge in [0.05, 0.1) is 31.3 Å². The zero-order valence-electron chi connectivity index (χ0n) is 11.4. The van der Waals surface area contributed by atoms with Crippen LogP contribution in [0.2, 0.25) is 0 Å². The zero-order valence-corrected chi connectivity index (χ0v) is 11.4. The summed E-state index contributed by atoms with van der Waals surface area (Å²) in [5.74, 6) is 1.43. The van der Waals surface area contributed by atoms with Gasteiger partial charge in [0, 0.05) is 24.8 Å². The number of pyridine rings is 1. The molecule has 2 aromatic rings. The molecule has 104 valence electrons. The molecule has 0 atom stereocenters. The minimum atomic E-state index is 0.420. The number of nitrogen functional groups attached to an aromatic ring is 1. The van der Waals surface area contributed by atoms with E-state index in [0.29, 0.717) is 5.82 Å².